The van der Waals surface area contributed by atoms with Crippen LogP contribution in [0.1, 0.15) is 19.4 Å². The second-order valence-electron chi connectivity index (χ2n) is 4.30. The first-order valence-electron chi connectivity index (χ1n) is 5.72. The second kappa shape index (κ2) is 4.53. The molecule has 0 saturated carbocycles. The number of fused-ring (bicyclic) bond motifs is 1. The van der Waals surface area contributed by atoms with Crippen molar-refractivity contribution < 1.29 is 0 Å². The molecule has 0 N–H and O–H groups in total. The number of aliphatic imine (C=N–C) groups is 2. The maximum atomic E-state index is 4.25. The van der Waals surface area contributed by atoms with Crippen LogP contribution in [0, 0.1) is 0 Å². The summed E-state index contributed by atoms with van der Waals surface area (Å²) in [6.07, 6.45) is 6.07. The van der Waals surface area contributed by atoms with E-state index < -0.39 is 0 Å². The largest absolute Gasteiger partial charge is 0.295 e. The third kappa shape index (κ3) is 1.92. The summed E-state index contributed by atoms with van der Waals surface area (Å²) >= 11 is 1.77. The number of aromatic nitrogens is 2. The molecule has 1 aromatic rings. The monoisotopic (exact) mass is 259 g/mol. The minimum absolute atomic E-state index is 0.557. The molecule has 0 radical (unpaired) electrons. The van der Waals surface area contributed by atoms with Gasteiger partial charge in [-0.1, -0.05) is 17.3 Å². The summed E-state index contributed by atoms with van der Waals surface area (Å²) in [6, 6.07) is 0. The van der Waals surface area contributed by atoms with Gasteiger partial charge >= 0.3 is 0 Å². The Balaban J connectivity index is 2.02. The quantitative estimate of drug-likeness (QED) is 0.776. The minimum atomic E-state index is 0.557. The fraction of sp³-hybridized carbons (Fsp3) is 0.333. The van der Waals surface area contributed by atoms with Crippen LogP contribution in [-0.2, 0) is 6.42 Å². The molecule has 0 unspecified atom stereocenters. The number of thioether (sulfide) groups is 1. The Labute approximate surface area is 110 Å². The van der Waals surface area contributed by atoms with Crippen LogP contribution in [0.25, 0.3) is 0 Å². The van der Waals surface area contributed by atoms with E-state index in [-0.39, 0.29) is 0 Å². The van der Waals surface area contributed by atoms with Crippen molar-refractivity contribution in [2.75, 3.05) is 11.6 Å². The third-order valence-corrected chi connectivity index (χ3v) is 4.29. The van der Waals surface area contributed by atoms with Crippen LogP contribution in [0.4, 0.5) is 5.82 Å². The summed E-state index contributed by atoms with van der Waals surface area (Å²) < 4.78 is 0. The molecule has 0 fully saturated rings. The Morgan fingerprint density at radius 3 is 3.00 bits per heavy atom. The van der Waals surface area contributed by atoms with Crippen LogP contribution >= 0.6 is 11.8 Å². The zero-order chi connectivity index (χ0) is 12.5. The van der Waals surface area contributed by atoms with Crippen LogP contribution in [-0.4, -0.2) is 29.5 Å². The average molecular weight is 259 g/mol. The molecule has 1 aromatic heterocycles. The maximum absolute atomic E-state index is 4.25. The highest BCUT2D eigenvalue weighted by molar-refractivity contribution is 8.03. The molecule has 2 aliphatic rings. The van der Waals surface area contributed by atoms with Gasteiger partial charge in [-0.2, -0.15) is 5.10 Å². The van der Waals surface area contributed by atoms with E-state index in [0.717, 1.165) is 12.2 Å². The maximum Gasteiger partial charge on any atom is 0.162 e. The van der Waals surface area contributed by atoms with Crippen molar-refractivity contribution in [3.8, 4) is 0 Å². The van der Waals surface area contributed by atoms with Crippen molar-refractivity contribution in [1.29, 1.82) is 0 Å². The van der Waals surface area contributed by atoms with Crippen LogP contribution in [0.2, 0.25) is 0 Å². The number of hydrogen-bond donors (Lipinski definition) is 0. The molecular formula is C12H13N5S. The van der Waals surface area contributed by atoms with Crippen molar-refractivity contribution >= 4 is 30.3 Å². The van der Waals surface area contributed by atoms with Gasteiger partial charge in [0.05, 0.1) is 12.5 Å². The summed E-state index contributed by atoms with van der Waals surface area (Å²) in [7, 11) is 0. The van der Waals surface area contributed by atoms with Crippen LogP contribution in [0.3, 0.4) is 0 Å². The van der Waals surface area contributed by atoms with Gasteiger partial charge in [-0.15, -0.1) is 5.10 Å². The van der Waals surface area contributed by atoms with Crippen LogP contribution in [0.15, 0.2) is 31.6 Å². The smallest absolute Gasteiger partial charge is 0.162 e. The molecule has 0 spiro atoms. The summed E-state index contributed by atoms with van der Waals surface area (Å²) in [6.45, 7) is 4.87. The van der Waals surface area contributed by atoms with E-state index in [1.54, 1.807) is 24.4 Å². The second-order valence-corrected chi connectivity index (χ2v) is 5.56. The number of allylic oxidation sites excluding steroid dienone is 2. The summed E-state index contributed by atoms with van der Waals surface area (Å²) in [5.74, 6) is 0.868. The standard InChI is InChI=1S/C12H13N5S/c1-8-3-10-11(18-9(8)2)4-15-16-12(10)17-6-13-5-14-7-17/h4-6H,3,7H2,1-2H3. The highest BCUT2D eigenvalue weighted by Crippen LogP contribution is 2.40. The van der Waals surface area contributed by atoms with E-state index in [1.165, 1.54) is 20.9 Å². The summed E-state index contributed by atoms with van der Waals surface area (Å²) in [5, 5.41) is 8.33. The van der Waals surface area contributed by atoms with Crippen molar-refractivity contribution in [3.05, 3.63) is 22.2 Å². The predicted octanol–water partition coefficient (Wildman–Crippen LogP) is 2.25. The lowest BCUT2D eigenvalue weighted by atomic mass is 10.1. The molecular weight excluding hydrogens is 246 g/mol. The Kier molecular flexibility index (Phi) is 2.87. The number of hydrogen-bond acceptors (Lipinski definition) is 6. The lowest BCUT2D eigenvalue weighted by molar-refractivity contribution is 0.879. The highest BCUT2D eigenvalue weighted by atomic mass is 32.2. The van der Waals surface area contributed by atoms with Gasteiger partial charge in [0, 0.05) is 10.5 Å². The molecule has 5 nitrogen and oxygen atoms in total. The SMILES string of the molecule is CC1=C(C)Sc2cnnc(N3C=NC=NC3)c2C1. The Bertz CT molecular complexity index is 576. The first-order valence-corrected chi connectivity index (χ1v) is 6.54. The third-order valence-electron chi connectivity index (χ3n) is 3.06. The fourth-order valence-electron chi connectivity index (χ4n) is 1.95. The van der Waals surface area contributed by atoms with Crippen molar-refractivity contribution in [2.45, 2.75) is 25.2 Å². The minimum Gasteiger partial charge on any atom is -0.295 e. The molecule has 0 aliphatic carbocycles. The lowest BCUT2D eigenvalue weighted by Crippen LogP contribution is -2.27. The molecule has 0 saturated heterocycles. The zero-order valence-corrected chi connectivity index (χ0v) is 11.1. The van der Waals surface area contributed by atoms with Gasteiger partial charge in [0.25, 0.3) is 0 Å². The van der Waals surface area contributed by atoms with E-state index in [1.807, 2.05) is 11.1 Å². The molecule has 18 heavy (non-hydrogen) atoms. The average Bonchev–Trinajstić information content (AvgIpc) is 2.40. The van der Waals surface area contributed by atoms with E-state index in [4.69, 9.17) is 0 Å². The van der Waals surface area contributed by atoms with E-state index in [0.29, 0.717) is 6.67 Å². The molecule has 0 amide bonds. The Morgan fingerprint density at radius 1 is 1.33 bits per heavy atom. The molecule has 0 bridgehead atoms. The van der Waals surface area contributed by atoms with E-state index in [2.05, 4.69) is 34.0 Å². The summed E-state index contributed by atoms with van der Waals surface area (Å²) in [5.41, 5.74) is 2.61. The lowest BCUT2D eigenvalue weighted by Gasteiger charge is -2.24. The van der Waals surface area contributed by atoms with Crippen molar-refractivity contribution in [1.82, 2.24) is 10.2 Å². The van der Waals surface area contributed by atoms with Gasteiger partial charge in [0.2, 0.25) is 0 Å². The van der Waals surface area contributed by atoms with E-state index >= 15 is 0 Å². The number of nitrogens with zero attached hydrogens (tertiary/aromatic N) is 5. The Morgan fingerprint density at radius 2 is 2.22 bits per heavy atom. The molecule has 0 aromatic carbocycles. The molecule has 2 aliphatic heterocycles. The number of rotatable bonds is 1. The topological polar surface area (TPSA) is 53.7 Å². The van der Waals surface area contributed by atoms with Crippen molar-refractivity contribution in [3.63, 3.8) is 0 Å². The highest BCUT2D eigenvalue weighted by Gasteiger charge is 2.21. The molecule has 6 heteroatoms. The fourth-order valence-corrected chi connectivity index (χ4v) is 2.91. The molecule has 3 rings (SSSR count). The van der Waals surface area contributed by atoms with Gasteiger partial charge in [-0.25, -0.2) is 4.99 Å². The zero-order valence-electron chi connectivity index (χ0n) is 10.3. The van der Waals surface area contributed by atoms with E-state index in [9.17, 15) is 0 Å². The number of anilines is 1. The van der Waals surface area contributed by atoms with Gasteiger partial charge in [-0.3, -0.25) is 9.89 Å². The normalized spacial score (nSPS) is 18.2. The predicted molar refractivity (Wildman–Crippen MR) is 74.3 cm³/mol. The first-order chi connectivity index (χ1) is 8.75. The van der Waals surface area contributed by atoms with Crippen LogP contribution in [0.5, 0.6) is 0 Å². The van der Waals surface area contributed by atoms with Gasteiger partial charge in [0.15, 0.2) is 5.82 Å². The molecule has 3 heterocycles. The van der Waals surface area contributed by atoms with Crippen LogP contribution < -0.4 is 4.90 Å². The Hall–Kier alpha value is -1.69. The van der Waals surface area contributed by atoms with Gasteiger partial charge < -0.3 is 0 Å². The summed E-state index contributed by atoms with van der Waals surface area (Å²) in [4.78, 5) is 12.6. The van der Waals surface area contributed by atoms with Gasteiger partial charge in [-0.05, 0) is 25.2 Å². The molecule has 0 atom stereocenters. The van der Waals surface area contributed by atoms with Crippen molar-refractivity contribution in [2.24, 2.45) is 9.98 Å². The molecule has 92 valence electrons. The first kappa shape index (κ1) is 11.4. The van der Waals surface area contributed by atoms with Gasteiger partial charge in [0.1, 0.15) is 13.0 Å².